The summed E-state index contributed by atoms with van der Waals surface area (Å²) in [5.41, 5.74) is 0. The third-order valence-corrected chi connectivity index (χ3v) is 2.78. The zero-order valence-electron chi connectivity index (χ0n) is 7.04. The Labute approximate surface area is 75.9 Å². The Morgan fingerprint density at radius 1 is 1.58 bits per heavy atom. The van der Waals surface area contributed by atoms with Crippen LogP contribution in [0.1, 0.15) is 34.3 Å². The monoisotopic (exact) mass is 184 g/mol. The SMILES string of the molecule is CCCCc1ccc(C(=O)O)s1. The molecule has 1 rings (SSSR count). The first-order valence-corrected chi connectivity index (χ1v) is 4.87. The molecule has 0 saturated carbocycles. The molecule has 0 fully saturated rings. The van der Waals surface area contributed by atoms with Crippen LogP contribution in [0.3, 0.4) is 0 Å². The molecule has 3 heteroatoms. The van der Waals surface area contributed by atoms with E-state index in [1.807, 2.05) is 6.07 Å². The molecule has 0 aliphatic heterocycles. The summed E-state index contributed by atoms with van der Waals surface area (Å²) in [5, 5.41) is 8.63. The number of unbranched alkanes of at least 4 members (excludes halogenated alkanes) is 1. The molecule has 1 N–H and O–H groups in total. The molecule has 1 heterocycles. The standard InChI is InChI=1S/C9H12O2S/c1-2-3-4-7-5-6-8(12-7)9(10)11/h5-6H,2-4H2,1H3,(H,10,11). The van der Waals surface area contributed by atoms with E-state index >= 15 is 0 Å². The molecule has 0 aliphatic rings. The van der Waals surface area contributed by atoms with Crippen molar-refractivity contribution in [1.82, 2.24) is 0 Å². The smallest absolute Gasteiger partial charge is 0.345 e. The van der Waals surface area contributed by atoms with Gasteiger partial charge in [-0.1, -0.05) is 13.3 Å². The van der Waals surface area contributed by atoms with E-state index in [1.54, 1.807) is 6.07 Å². The van der Waals surface area contributed by atoms with Crippen molar-refractivity contribution in [2.24, 2.45) is 0 Å². The fourth-order valence-corrected chi connectivity index (χ4v) is 1.87. The lowest BCUT2D eigenvalue weighted by atomic mass is 10.2. The van der Waals surface area contributed by atoms with Gasteiger partial charge in [0.15, 0.2) is 0 Å². The highest BCUT2D eigenvalue weighted by atomic mass is 32.1. The minimum atomic E-state index is -0.817. The second-order valence-corrected chi connectivity index (χ2v) is 3.84. The molecule has 0 saturated heterocycles. The molecule has 1 aromatic rings. The van der Waals surface area contributed by atoms with Crippen LogP contribution in [-0.2, 0) is 6.42 Å². The summed E-state index contributed by atoms with van der Waals surface area (Å²) in [5.74, 6) is -0.817. The number of aromatic carboxylic acids is 1. The molecule has 0 aliphatic carbocycles. The second-order valence-electron chi connectivity index (χ2n) is 2.67. The predicted molar refractivity (Wildman–Crippen MR) is 49.9 cm³/mol. The maximum absolute atomic E-state index is 10.5. The van der Waals surface area contributed by atoms with E-state index in [9.17, 15) is 4.79 Å². The van der Waals surface area contributed by atoms with E-state index in [2.05, 4.69) is 6.92 Å². The van der Waals surface area contributed by atoms with Gasteiger partial charge in [-0.25, -0.2) is 4.79 Å². The number of carboxylic acids is 1. The van der Waals surface area contributed by atoms with Crippen LogP contribution < -0.4 is 0 Å². The number of carboxylic acid groups (broad SMARTS) is 1. The van der Waals surface area contributed by atoms with Crippen molar-refractivity contribution in [3.05, 3.63) is 21.9 Å². The molecular weight excluding hydrogens is 172 g/mol. The maximum Gasteiger partial charge on any atom is 0.345 e. The zero-order valence-corrected chi connectivity index (χ0v) is 7.86. The quantitative estimate of drug-likeness (QED) is 0.781. The summed E-state index contributed by atoms with van der Waals surface area (Å²) in [7, 11) is 0. The number of rotatable bonds is 4. The molecular formula is C9H12O2S. The average molecular weight is 184 g/mol. The number of hydrogen-bond donors (Lipinski definition) is 1. The zero-order chi connectivity index (χ0) is 8.97. The average Bonchev–Trinajstić information content (AvgIpc) is 2.48. The Bertz CT molecular complexity index is 265. The third-order valence-electron chi connectivity index (χ3n) is 1.65. The van der Waals surface area contributed by atoms with Crippen LogP contribution in [0.2, 0.25) is 0 Å². The Morgan fingerprint density at radius 3 is 2.83 bits per heavy atom. The summed E-state index contributed by atoms with van der Waals surface area (Å²) < 4.78 is 0. The van der Waals surface area contributed by atoms with Crippen molar-refractivity contribution in [1.29, 1.82) is 0 Å². The lowest BCUT2D eigenvalue weighted by molar-refractivity contribution is 0.0702. The second kappa shape index (κ2) is 4.26. The van der Waals surface area contributed by atoms with Crippen molar-refractivity contribution < 1.29 is 9.90 Å². The van der Waals surface area contributed by atoms with Gasteiger partial charge in [-0.3, -0.25) is 0 Å². The summed E-state index contributed by atoms with van der Waals surface area (Å²) >= 11 is 1.38. The van der Waals surface area contributed by atoms with Gasteiger partial charge in [0.25, 0.3) is 0 Å². The first-order chi connectivity index (χ1) is 5.74. The van der Waals surface area contributed by atoms with Gasteiger partial charge in [0.1, 0.15) is 4.88 Å². The first kappa shape index (κ1) is 9.26. The minimum absolute atomic E-state index is 0.445. The van der Waals surface area contributed by atoms with E-state index in [0.29, 0.717) is 4.88 Å². The number of carbonyl (C=O) groups is 1. The summed E-state index contributed by atoms with van der Waals surface area (Å²) in [4.78, 5) is 12.1. The number of thiophene rings is 1. The number of aryl methyl sites for hydroxylation is 1. The van der Waals surface area contributed by atoms with Gasteiger partial charge < -0.3 is 5.11 Å². The van der Waals surface area contributed by atoms with Gasteiger partial charge in [0, 0.05) is 4.88 Å². The maximum atomic E-state index is 10.5. The molecule has 0 spiro atoms. The van der Waals surface area contributed by atoms with Gasteiger partial charge >= 0.3 is 5.97 Å². The molecule has 0 aromatic carbocycles. The minimum Gasteiger partial charge on any atom is -0.477 e. The van der Waals surface area contributed by atoms with Crippen molar-refractivity contribution in [3.63, 3.8) is 0 Å². The van der Waals surface area contributed by atoms with Crippen LogP contribution in [-0.4, -0.2) is 11.1 Å². The van der Waals surface area contributed by atoms with Gasteiger partial charge in [-0.2, -0.15) is 0 Å². The van der Waals surface area contributed by atoms with Crippen molar-refractivity contribution >= 4 is 17.3 Å². The van der Waals surface area contributed by atoms with Crippen LogP contribution in [0.5, 0.6) is 0 Å². The summed E-state index contributed by atoms with van der Waals surface area (Å²) in [6.07, 6.45) is 3.30. The van der Waals surface area contributed by atoms with Crippen molar-refractivity contribution in [3.8, 4) is 0 Å². The fourth-order valence-electron chi connectivity index (χ4n) is 0.978. The third kappa shape index (κ3) is 2.34. The van der Waals surface area contributed by atoms with Gasteiger partial charge in [0.05, 0.1) is 0 Å². The summed E-state index contributed by atoms with van der Waals surface area (Å²) in [6.45, 7) is 2.13. The molecule has 1 aromatic heterocycles. The van der Waals surface area contributed by atoms with Crippen LogP contribution in [0.4, 0.5) is 0 Å². The van der Waals surface area contributed by atoms with Gasteiger partial charge in [0.2, 0.25) is 0 Å². The van der Waals surface area contributed by atoms with Crippen LogP contribution in [0, 0.1) is 0 Å². The van der Waals surface area contributed by atoms with E-state index < -0.39 is 5.97 Å². The highest BCUT2D eigenvalue weighted by Crippen LogP contribution is 2.18. The normalized spacial score (nSPS) is 10.1. The molecule has 0 bridgehead atoms. The Morgan fingerprint density at radius 2 is 2.33 bits per heavy atom. The molecule has 2 nitrogen and oxygen atoms in total. The van der Waals surface area contributed by atoms with E-state index in [1.165, 1.54) is 16.2 Å². The molecule has 66 valence electrons. The van der Waals surface area contributed by atoms with Crippen LogP contribution >= 0.6 is 11.3 Å². The van der Waals surface area contributed by atoms with Crippen LogP contribution in [0.15, 0.2) is 12.1 Å². The van der Waals surface area contributed by atoms with E-state index in [4.69, 9.17) is 5.11 Å². The summed E-state index contributed by atoms with van der Waals surface area (Å²) in [6, 6.07) is 3.59. The van der Waals surface area contributed by atoms with Gasteiger partial charge in [-0.15, -0.1) is 11.3 Å². The van der Waals surface area contributed by atoms with E-state index in [0.717, 1.165) is 19.3 Å². The molecule has 0 atom stereocenters. The molecule has 0 amide bonds. The molecule has 0 unspecified atom stereocenters. The molecule has 0 radical (unpaired) electrons. The molecule has 12 heavy (non-hydrogen) atoms. The fraction of sp³-hybridized carbons (Fsp3) is 0.444. The largest absolute Gasteiger partial charge is 0.477 e. The predicted octanol–water partition coefficient (Wildman–Crippen LogP) is 2.79. The van der Waals surface area contributed by atoms with Crippen LogP contribution in [0.25, 0.3) is 0 Å². The lowest BCUT2D eigenvalue weighted by Crippen LogP contribution is -1.89. The Kier molecular flexibility index (Phi) is 3.29. The topological polar surface area (TPSA) is 37.3 Å². The van der Waals surface area contributed by atoms with Gasteiger partial charge in [-0.05, 0) is 25.0 Å². The Hall–Kier alpha value is -0.830. The van der Waals surface area contributed by atoms with Crippen molar-refractivity contribution in [2.75, 3.05) is 0 Å². The highest BCUT2D eigenvalue weighted by Gasteiger charge is 2.05. The highest BCUT2D eigenvalue weighted by molar-refractivity contribution is 7.13. The number of hydrogen-bond acceptors (Lipinski definition) is 2. The van der Waals surface area contributed by atoms with E-state index in [-0.39, 0.29) is 0 Å². The lowest BCUT2D eigenvalue weighted by Gasteiger charge is -1.91. The Balaban J connectivity index is 2.58. The van der Waals surface area contributed by atoms with Crippen molar-refractivity contribution in [2.45, 2.75) is 26.2 Å². The first-order valence-electron chi connectivity index (χ1n) is 4.06.